The monoisotopic (exact) mass is 293 g/mol. The summed E-state index contributed by atoms with van der Waals surface area (Å²) in [6.45, 7) is 1.50. The van der Waals surface area contributed by atoms with Crippen LogP contribution < -0.4 is 0 Å². The van der Waals surface area contributed by atoms with Crippen molar-refractivity contribution in [2.24, 2.45) is 0 Å². The molecule has 0 unspecified atom stereocenters. The summed E-state index contributed by atoms with van der Waals surface area (Å²) in [6.07, 6.45) is 3.20. The van der Waals surface area contributed by atoms with E-state index < -0.39 is 11.9 Å². The maximum atomic E-state index is 13.0. The summed E-state index contributed by atoms with van der Waals surface area (Å²) in [4.78, 5) is 25.1. The minimum Gasteiger partial charge on any atom is -0.481 e. The van der Waals surface area contributed by atoms with Crippen LogP contribution in [0.3, 0.4) is 0 Å². The molecule has 1 heterocycles. The molecule has 0 spiro atoms. The van der Waals surface area contributed by atoms with E-state index in [1.54, 1.807) is 12.1 Å². The summed E-state index contributed by atoms with van der Waals surface area (Å²) in [6, 6.07) is 5.73. The van der Waals surface area contributed by atoms with Gasteiger partial charge in [0.25, 0.3) is 0 Å². The molecule has 2 rings (SSSR count). The van der Waals surface area contributed by atoms with Crippen LogP contribution in [0.5, 0.6) is 0 Å². The molecule has 0 radical (unpaired) electrons. The first kappa shape index (κ1) is 15.5. The van der Waals surface area contributed by atoms with Gasteiger partial charge in [0, 0.05) is 25.4 Å². The van der Waals surface area contributed by atoms with Gasteiger partial charge in [0.1, 0.15) is 5.82 Å². The molecular formula is C16H20FNO3. The van der Waals surface area contributed by atoms with Crippen molar-refractivity contribution in [2.75, 3.05) is 13.1 Å². The van der Waals surface area contributed by atoms with Gasteiger partial charge >= 0.3 is 5.97 Å². The van der Waals surface area contributed by atoms with Crippen LogP contribution in [0.25, 0.3) is 0 Å². The molecule has 1 aromatic carbocycles. The molecule has 21 heavy (non-hydrogen) atoms. The van der Waals surface area contributed by atoms with Gasteiger partial charge in [-0.3, -0.25) is 9.59 Å². The fourth-order valence-electron chi connectivity index (χ4n) is 2.74. The van der Waals surface area contributed by atoms with Crippen LogP contribution in [-0.2, 0) is 9.59 Å². The predicted octanol–water partition coefficient (Wildman–Crippen LogP) is 2.79. The van der Waals surface area contributed by atoms with Crippen LogP contribution in [0.4, 0.5) is 4.39 Å². The van der Waals surface area contributed by atoms with E-state index in [0.29, 0.717) is 5.56 Å². The lowest BCUT2D eigenvalue weighted by atomic mass is 9.91. The topological polar surface area (TPSA) is 57.6 Å². The van der Waals surface area contributed by atoms with Crippen LogP contribution in [0.1, 0.15) is 43.6 Å². The van der Waals surface area contributed by atoms with Crippen molar-refractivity contribution >= 4 is 11.9 Å². The van der Waals surface area contributed by atoms with Crippen LogP contribution in [-0.4, -0.2) is 35.0 Å². The maximum absolute atomic E-state index is 13.0. The number of amides is 1. The van der Waals surface area contributed by atoms with Crippen LogP contribution in [0.2, 0.25) is 0 Å². The van der Waals surface area contributed by atoms with Gasteiger partial charge in [0.2, 0.25) is 5.91 Å². The number of rotatable bonds is 5. The second-order valence-electron chi connectivity index (χ2n) is 5.49. The average Bonchev–Trinajstić information content (AvgIpc) is 2.48. The van der Waals surface area contributed by atoms with Crippen molar-refractivity contribution < 1.29 is 19.1 Å². The lowest BCUT2D eigenvalue weighted by molar-refractivity contribution is -0.138. The molecule has 1 fully saturated rings. The number of hydrogen-bond donors (Lipinski definition) is 1. The molecule has 0 aromatic heterocycles. The summed E-state index contributed by atoms with van der Waals surface area (Å²) in [5, 5.41) is 9.02. The second kappa shape index (κ2) is 7.20. The Kier molecular flexibility index (Phi) is 5.31. The van der Waals surface area contributed by atoms with Gasteiger partial charge in [0.15, 0.2) is 0 Å². The summed E-state index contributed by atoms with van der Waals surface area (Å²) < 4.78 is 13.0. The van der Waals surface area contributed by atoms with E-state index in [1.807, 2.05) is 4.90 Å². The van der Waals surface area contributed by atoms with E-state index in [9.17, 15) is 14.0 Å². The second-order valence-corrected chi connectivity index (χ2v) is 5.49. The Labute approximate surface area is 123 Å². The molecular weight excluding hydrogens is 273 g/mol. The van der Waals surface area contributed by atoms with E-state index in [-0.39, 0.29) is 24.6 Å². The van der Waals surface area contributed by atoms with Crippen molar-refractivity contribution in [3.8, 4) is 0 Å². The zero-order chi connectivity index (χ0) is 15.2. The standard InChI is InChI=1S/C16H20FNO3/c17-14-6-4-12(5-7-14)13(11-16(20)21)10-15(19)18-8-2-1-3-9-18/h4-7,13H,1-3,8-11H2,(H,20,21)/t13-/m0/s1. The Morgan fingerprint density at radius 1 is 1.10 bits per heavy atom. The highest BCUT2D eigenvalue weighted by Crippen LogP contribution is 2.25. The van der Waals surface area contributed by atoms with Gasteiger partial charge in [-0.1, -0.05) is 12.1 Å². The molecule has 114 valence electrons. The average molecular weight is 293 g/mol. The third-order valence-corrected chi connectivity index (χ3v) is 3.89. The molecule has 0 aliphatic carbocycles. The fourth-order valence-corrected chi connectivity index (χ4v) is 2.74. The van der Waals surface area contributed by atoms with Gasteiger partial charge in [-0.15, -0.1) is 0 Å². The van der Waals surface area contributed by atoms with Crippen molar-refractivity contribution in [1.29, 1.82) is 0 Å². The number of carboxylic acids is 1. The SMILES string of the molecule is O=C(O)C[C@H](CC(=O)N1CCCCC1)c1ccc(F)cc1. The minimum absolute atomic E-state index is 0.00900. The first-order valence-corrected chi connectivity index (χ1v) is 7.31. The number of carboxylic acid groups (broad SMARTS) is 1. The Balaban J connectivity index is 2.06. The van der Waals surface area contributed by atoms with Gasteiger partial charge < -0.3 is 10.0 Å². The number of halogens is 1. The Morgan fingerprint density at radius 3 is 2.29 bits per heavy atom. The van der Waals surface area contributed by atoms with Crippen LogP contribution in [0, 0.1) is 5.82 Å². The number of nitrogens with zero attached hydrogens (tertiary/aromatic N) is 1. The zero-order valence-electron chi connectivity index (χ0n) is 11.9. The number of aliphatic carboxylic acids is 1. The molecule has 0 bridgehead atoms. The maximum Gasteiger partial charge on any atom is 0.303 e. The van der Waals surface area contributed by atoms with Crippen LogP contribution >= 0.6 is 0 Å². The predicted molar refractivity (Wildman–Crippen MR) is 76.4 cm³/mol. The summed E-state index contributed by atoms with van der Waals surface area (Å²) in [7, 11) is 0. The van der Waals surface area contributed by atoms with Gasteiger partial charge in [-0.05, 0) is 37.0 Å². The molecule has 0 saturated carbocycles. The summed E-state index contributed by atoms with van der Waals surface area (Å²) in [5.74, 6) is -1.73. The Bertz CT molecular complexity index is 495. The highest BCUT2D eigenvalue weighted by atomic mass is 19.1. The number of carbonyl (C=O) groups is 2. The highest BCUT2D eigenvalue weighted by Gasteiger charge is 2.23. The van der Waals surface area contributed by atoms with Gasteiger partial charge in [-0.2, -0.15) is 0 Å². The van der Waals surface area contributed by atoms with E-state index >= 15 is 0 Å². The molecule has 1 N–H and O–H groups in total. The number of carbonyl (C=O) groups excluding carboxylic acids is 1. The largest absolute Gasteiger partial charge is 0.481 e. The lowest BCUT2D eigenvalue weighted by Crippen LogP contribution is -2.36. The van der Waals surface area contributed by atoms with E-state index in [0.717, 1.165) is 32.4 Å². The van der Waals surface area contributed by atoms with Crippen molar-refractivity contribution in [3.63, 3.8) is 0 Å². The summed E-state index contributed by atoms with van der Waals surface area (Å²) in [5.41, 5.74) is 0.698. The van der Waals surface area contributed by atoms with E-state index in [1.165, 1.54) is 12.1 Å². The molecule has 5 heteroatoms. The first-order valence-electron chi connectivity index (χ1n) is 7.31. The Morgan fingerprint density at radius 2 is 1.71 bits per heavy atom. The molecule has 1 saturated heterocycles. The van der Waals surface area contributed by atoms with E-state index in [2.05, 4.69) is 0 Å². The van der Waals surface area contributed by atoms with Gasteiger partial charge in [0.05, 0.1) is 6.42 Å². The van der Waals surface area contributed by atoms with Crippen molar-refractivity contribution in [2.45, 2.75) is 38.0 Å². The minimum atomic E-state index is -0.948. The molecule has 1 aliphatic rings. The van der Waals surface area contributed by atoms with Crippen molar-refractivity contribution in [3.05, 3.63) is 35.6 Å². The van der Waals surface area contributed by atoms with E-state index in [4.69, 9.17) is 5.11 Å². The zero-order valence-corrected chi connectivity index (χ0v) is 11.9. The number of likely N-dealkylation sites (tertiary alicyclic amines) is 1. The van der Waals surface area contributed by atoms with Crippen molar-refractivity contribution in [1.82, 2.24) is 4.90 Å². The Hall–Kier alpha value is -1.91. The number of benzene rings is 1. The quantitative estimate of drug-likeness (QED) is 0.908. The number of hydrogen-bond acceptors (Lipinski definition) is 2. The molecule has 1 amide bonds. The van der Waals surface area contributed by atoms with Gasteiger partial charge in [-0.25, -0.2) is 4.39 Å². The lowest BCUT2D eigenvalue weighted by Gasteiger charge is -2.28. The highest BCUT2D eigenvalue weighted by molar-refractivity contribution is 5.78. The molecule has 4 nitrogen and oxygen atoms in total. The summed E-state index contributed by atoms with van der Waals surface area (Å²) >= 11 is 0. The first-order chi connectivity index (χ1) is 10.1. The third-order valence-electron chi connectivity index (χ3n) is 3.89. The molecule has 1 atom stereocenters. The normalized spacial score (nSPS) is 16.5. The third kappa shape index (κ3) is 4.55. The molecule has 1 aliphatic heterocycles. The smallest absolute Gasteiger partial charge is 0.303 e. The van der Waals surface area contributed by atoms with Crippen LogP contribution in [0.15, 0.2) is 24.3 Å². The fraction of sp³-hybridized carbons (Fsp3) is 0.500. The number of piperidine rings is 1. The molecule has 1 aromatic rings.